The molecule has 4 heteroatoms. The number of benzene rings is 1. The van der Waals surface area contributed by atoms with E-state index in [9.17, 15) is 4.79 Å². The first-order valence-corrected chi connectivity index (χ1v) is 6.41. The Morgan fingerprint density at radius 1 is 1.20 bits per heavy atom. The largest absolute Gasteiger partial charge is 0.489 e. The zero-order valence-corrected chi connectivity index (χ0v) is 11.8. The van der Waals surface area contributed by atoms with Crippen molar-refractivity contribution in [2.45, 2.75) is 20.0 Å². The number of carbonyl (C=O) groups excluding carboxylic acids is 1. The number of aromatic nitrogens is 1. The first-order chi connectivity index (χ1) is 9.60. The van der Waals surface area contributed by atoms with Crippen molar-refractivity contribution in [2.24, 2.45) is 0 Å². The number of ether oxygens (including phenoxy) is 2. The summed E-state index contributed by atoms with van der Waals surface area (Å²) >= 11 is 0. The molecule has 0 aliphatic carbocycles. The van der Waals surface area contributed by atoms with Crippen LogP contribution in [-0.4, -0.2) is 24.2 Å². The number of rotatable bonds is 4. The van der Waals surface area contributed by atoms with Crippen molar-refractivity contribution in [3.63, 3.8) is 0 Å². The molecule has 0 atom stereocenters. The van der Waals surface area contributed by atoms with E-state index in [2.05, 4.69) is 4.98 Å². The summed E-state index contributed by atoms with van der Waals surface area (Å²) in [5.74, 6) is 0.375. The molecular weight excluding hydrogens is 254 g/mol. The highest BCUT2D eigenvalue weighted by Crippen LogP contribution is 2.21. The van der Waals surface area contributed by atoms with Gasteiger partial charge in [-0.25, -0.2) is 4.79 Å². The summed E-state index contributed by atoms with van der Waals surface area (Å²) in [4.78, 5) is 15.9. The van der Waals surface area contributed by atoms with Crippen molar-refractivity contribution in [3.8, 4) is 17.0 Å². The highest BCUT2D eigenvalue weighted by atomic mass is 16.5. The minimum absolute atomic E-state index is 0.116. The normalized spacial score (nSPS) is 10.4. The van der Waals surface area contributed by atoms with Crippen LogP contribution in [0.15, 0.2) is 42.6 Å². The molecule has 0 saturated heterocycles. The number of methoxy groups -OCH3 is 1. The van der Waals surface area contributed by atoms with Crippen molar-refractivity contribution in [3.05, 3.63) is 48.2 Å². The van der Waals surface area contributed by atoms with Gasteiger partial charge in [0.2, 0.25) is 0 Å². The fourth-order valence-corrected chi connectivity index (χ4v) is 1.82. The van der Waals surface area contributed by atoms with Gasteiger partial charge in [0.25, 0.3) is 0 Å². The van der Waals surface area contributed by atoms with Gasteiger partial charge in [-0.3, -0.25) is 4.98 Å². The third kappa shape index (κ3) is 3.35. The summed E-state index contributed by atoms with van der Waals surface area (Å²) in [5, 5.41) is 0. The van der Waals surface area contributed by atoms with E-state index in [0.717, 1.165) is 17.0 Å². The first kappa shape index (κ1) is 14.1. The van der Waals surface area contributed by atoms with E-state index >= 15 is 0 Å². The lowest BCUT2D eigenvalue weighted by molar-refractivity contribution is 0.0601. The van der Waals surface area contributed by atoms with E-state index in [1.807, 2.05) is 38.1 Å². The molecule has 0 fully saturated rings. The fraction of sp³-hybridized carbons (Fsp3) is 0.250. The number of nitrogens with zero attached hydrogens (tertiary/aromatic N) is 1. The highest BCUT2D eigenvalue weighted by Gasteiger charge is 2.07. The van der Waals surface area contributed by atoms with E-state index in [4.69, 9.17) is 9.47 Å². The molecule has 0 spiro atoms. The Kier molecular flexibility index (Phi) is 4.35. The first-order valence-electron chi connectivity index (χ1n) is 6.41. The summed E-state index contributed by atoms with van der Waals surface area (Å²) in [6.07, 6.45) is 1.80. The van der Waals surface area contributed by atoms with Crippen LogP contribution < -0.4 is 4.74 Å². The van der Waals surface area contributed by atoms with E-state index in [0.29, 0.717) is 5.56 Å². The van der Waals surface area contributed by atoms with Crippen molar-refractivity contribution in [1.29, 1.82) is 0 Å². The molecule has 1 aromatic carbocycles. The summed E-state index contributed by atoms with van der Waals surface area (Å²) in [6.45, 7) is 3.93. The van der Waals surface area contributed by atoms with Crippen LogP contribution in [0.1, 0.15) is 24.2 Å². The monoisotopic (exact) mass is 271 g/mol. The Balaban J connectivity index is 2.25. The van der Waals surface area contributed by atoms with Crippen LogP contribution in [0.2, 0.25) is 0 Å². The molecule has 1 heterocycles. The molecule has 0 bridgehead atoms. The standard InChI is InChI=1S/C16H17NO3/c1-11(2)20-14-7-8-15(17-10-14)12-5-4-6-13(9-12)16(18)19-3/h4-11H,1-3H3. The van der Waals surface area contributed by atoms with Crippen LogP contribution in [0.3, 0.4) is 0 Å². The lowest BCUT2D eigenvalue weighted by Gasteiger charge is -2.09. The molecule has 0 saturated carbocycles. The zero-order valence-electron chi connectivity index (χ0n) is 11.8. The van der Waals surface area contributed by atoms with Gasteiger partial charge in [-0.15, -0.1) is 0 Å². The van der Waals surface area contributed by atoms with Crippen LogP contribution in [0.4, 0.5) is 0 Å². The fourth-order valence-electron chi connectivity index (χ4n) is 1.82. The molecule has 4 nitrogen and oxygen atoms in total. The van der Waals surface area contributed by atoms with Gasteiger partial charge in [0, 0.05) is 5.56 Å². The van der Waals surface area contributed by atoms with Gasteiger partial charge in [-0.05, 0) is 38.1 Å². The maximum absolute atomic E-state index is 11.5. The smallest absolute Gasteiger partial charge is 0.337 e. The molecular formula is C16H17NO3. The van der Waals surface area contributed by atoms with Crippen LogP contribution in [0, 0.1) is 0 Å². The lowest BCUT2D eigenvalue weighted by atomic mass is 10.1. The second-order valence-corrected chi connectivity index (χ2v) is 4.62. The second-order valence-electron chi connectivity index (χ2n) is 4.62. The van der Waals surface area contributed by atoms with Gasteiger partial charge in [-0.2, -0.15) is 0 Å². The summed E-state index contributed by atoms with van der Waals surface area (Å²) < 4.78 is 10.3. The maximum Gasteiger partial charge on any atom is 0.337 e. The number of carbonyl (C=O) groups is 1. The predicted octanol–water partition coefficient (Wildman–Crippen LogP) is 3.32. The second kappa shape index (κ2) is 6.19. The topological polar surface area (TPSA) is 48.4 Å². The molecule has 0 unspecified atom stereocenters. The Bertz CT molecular complexity index is 591. The van der Waals surface area contributed by atoms with Crippen LogP contribution >= 0.6 is 0 Å². The van der Waals surface area contributed by atoms with Gasteiger partial charge in [0.15, 0.2) is 0 Å². The molecule has 2 rings (SSSR count). The summed E-state index contributed by atoms with van der Waals surface area (Å²) in [5.41, 5.74) is 2.16. The Hall–Kier alpha value is -2.36. The number of pyridine rings is 1. The third-order valence-electron chi connectivity index (χ3n) is 2.69. The molecule has 0 amide bonds. The molecule has 0 radical (unpaired) electrons. The SMILES string of the molecule is COC(=O)c1cccc(-c2ccc(OC(C)C)cn2)c1. The zero-order chi connectivity index (χ0) is 14.5. The van der Waals surface area contributed by atoms with E-state index in [1.54, 1.807) is 18.3 Å². The predicted molar refractivity (Wildman–Crippen MR) is 76.8 cm³/mol. The van der Waals surface area contributed by atoms with Gasteiger partial charge >= 0.3 is 5.97 Å². The van der Waals surface area contributed by atoms with Crippen LogP contribution in [0.5, 0.6) is 5.75 Å². The Morgan fingerprint density at radius 3 is 2.60 bits per heavy atom. The van der Waals surface area contributed by atoms with E-state index in [-0.39, 0.29) is 12.1 Å². The quantitative estimate of drug-likeness (QED) is 0.800. The van der Waals surface area contributed by atoms with Gasteiger partial charge in [-0.1, -0.05) is 12.1 Å². The van der Waals surface area contributed by atoms with Crippen LogP contribution in [0.25, 0.3) is 11.3 Å². The van der Waals surface area contributed by atoms with Gasteiger partial charge < -0.3 is 9.47 Å². The van der Waals surface area contributed by atoms with Gasteiger partial charge in [0.05, 0.1) is 30.7 Å². The summed E-state index contributed by atoms with van der Waals surface area (Å²) in [7, 11) is 1.37. The lowest BCUT2D eigenvalue weighted by Crippen LogP contribution is -2.05. The average Bonchev–Trinajstić information content (AvgIpc) is 2.47. The minimum atomic E-state index is -0.355. The van der Waals surface area contributed by atoms with Crippen molar-refractivity contribution >= 4 is 5.97 Å². The van der Waals surface area contributed by atoms with Crippen molar-refractivity contribution < 1.29 is 14.3 Å². The highest BCUT2D eigenvalue weighted by molar-refractivity contribution is 5.90. The molecule has 104 valence electrons. The minimum Gasteiger partial charge on any atom is -0.489 e. The molecule has 2 aromatic rings. The average molecular weight is 271 g/mol. The molecule has 0 aliphatic rings. The molecule has 0 aliphatic heterocycles. The number of hydrogen-bond acceptors (Lipinski definition) is 4. The van der Waals surface area contributed by atoms with E-state index in [1.165, 1.54) is 7.11 Å². The van der Waals surface area contributed by atoms with E-state index < -0.39 is 0 Å². The van der Waals surface area contributed by atoms with Crippen LogP contribution in [-0.2, 0) is 4.74 Å². The summed E-state index contributed by atoms with van der Waals surface area (Å²) in [6, 6.07) is 10.9. The number of esters is 1. The molecule has 0 N–H and O–H groups in total. The maximum atomic E-state index is 11.5. The van der Waals surface area contributed by atoms with Gasteiger partial charge in [0.1, 0.15) is 5.75 Å². The third-order valence-corrected chi connectivity index (χ3v) is 2.69. The number of hydrogen-bond donors (Lipinski definition) is 0. The molecule has 1 aromatic heterocycles. The Labute approximate surface area is 118 Å². The molecule has 20 heavy (non-hydrogen) atoms. The van der Waals surface area contributed by atoms with Crippen molar-refractivity contribution in [1.82, 2.24) is 4.98 Å². The Morgan fingerprint density at radius 2 is 2.00 bits per heavy atom. The van der Waals surface area contributed by atoms with Crippen molar-refractivity contribution in [2.75, 3.05) is 7.11 Å².